The van der Waals surface area contributed by atoms with Gasteiger partial charge in [0.25, 0.3) is 5.78 Å². The number of piperidine rings is 1. The maximum Gasteiger partial charge on any atom is 0.416 e. The van der Waals surface area contributed by atoms with E-state index in [1.165, 1.54) is 10.6 Å². The monoisotopic (exact) mass is 392 g/mol. The molecule has 1 aliphatic heterocycles. The molecular weight excluding hydrogens is 373 g/mol. The van der Waals surface area contributed by atoms with E-state index in [1.807, 2.05) is 0 Å². The number of aromatic hydroxyl groups is 1. The molecule has 1 saturated heterocycles. The van der Waals surface area contributed by atoms with Crippen molar-refractivity contribution in [2.24, 2.45) is 0 Å². The molecule has 1 aromatic carbocycles. The molecular formula is C18H19F3N6O. The van der Waals surface area contributed by atoms with Gasteiger partial charge in [-0.15, -0.1) is 5.10 Å². The van der Waals surface area contributed by atoms with E-state index in [0.717, 1.165) is 32.0 Å². The van der Waals surface area contributed by atoms with Gasteiger partial charge >= 0.3 is 6.18 Å². The van der Waals surface area contributed by atoms with Crippen LogP contribution < -0.4 is 5.32 Å². The number of rotatable bonds is 3. The molecule has 0 saturated carbocycles. The van der Waals surface area contributed by atoms with Crippen LogP contribution in [0.5, 0.6) is 5.75 Å². The Morgan fingerprint density at radius 1 is 1.21 bits per heavy atom. The molecule has 148 valence electrons. The molecule has 7 nitrogen and oxygen atoms in total. The molecule has 0 radical (unpaired) electrons. The van der Waals surface area contributed by atoms with Crippen molar-refractivity contribution in [3.8, 4) is 17.0 Å². The number of halogens is 3. The number of nitrogens with one attached hydrogen (secondary N) is 1. The van der Waals surface area contributed by atoms with Crippen LogP contribution in [0, 0.1) is 0 Å². The molecule has 10 heteroatoms. The van der Waals surface area contributed by atoms with Crippen LogP contribution in [-0.2, 0) is 6.18 Å². The maximum absolute atomic E-state index is 12.8. The number of hydrogen-bond acceptors (Lipinski definition) is 6. The number of phenolic OH excluding ortho intramolecular Hbond substituents is 1. The first kappa shape index (κ1) is 18.5. The van der Waals surface area contributed by atoms with Crippen LogP contribution in [0.4, 0.5) is 19.1 Å². The first-order chi connectivity index (χ1) is 13.3. The zero-order valence-electron chi connectivity index (χ0n) is 15.1. The Balaban J connectivity index is 1.60. The predicted molar refractivity (Wildman–Crippen MR) is 97.0 cm³/mol. The number of likely N-dealkylation sites (tertiary alicyclic amines) is 1. The number of phenols is 1. The minimum Gasteiger partial charge on any atom is -0.507 e. The molecule has 2 N–H and O–H groups in total. The van der Waals surface area contributed by atoms with Gasteiger partial charge in [-0.05, 0) is 50.7 Å². The number of benzene rings is 1. The number of nitrogens with zero attached hydrogens (tertiary/aromatic N) is 5. The Kier molecular flexibility index (Phi) is 4.58. The first-order valence-electron chi connectivity index (χ1n) is 8.89. The predicted octanol–water partition coefficient (Wildman–Crippen LogP) is 3.02. The van der Waals surface area contributed by atoms with Crippen LogP contribution in [0.2, 0.25) is 0 Å². The third kappa shape index (κ3) is 3.72. The molecule has 2 aromatic heterocycles. The summed E-state index contributed by atoms with van der Waals surface area (Å²) in [6.45, 7) is 1.96. The van der Waals surface area contributed by atoms with E-state index in [9.17, 15) is 18.3 Å². The van der Waals surface area contributed by atoms with Gasteiger partial charge in [0.05, 0.1) is 11.3 Å². The molecule has 0 amide bonds. The summed E-state index contributed by atoms with van der Waals surface area (Å²) in [4.78, 5) is 10.9. The first-order valence-corrected chi connectivity index (χ1v) is 8.89. The van der Waals surface area contributed by atoms with E-state index >= 15 is 0 Å². The second-order valence-electron chi connectivity index (χ2n) is 6.97. The Bertz CT molecular complexity index is 1000. The molecule has 28 heavy (non-hydrogen) atoms. The van der Waals surface area contributed by atoms with E-state index in [1.54, 1.807) is 12.3 Å². The largest absolute Gasteiger partial charge is 0.507 e. The SMILES string of the molecule is CN1CCC[C@@H](Nc2nc3nc(-c4ccc(C(F)(F)F)cc4O)ccn3n2)C1. The topological polar surface area (TPSA) is 78.6 Å². The fourth-order valence-corrected chi connectivity index (χ4v) is 3.38. The summed E-state index contributed by atoms with van der Waals surface area (Å²) in [7, 11) is 2.06. The minimum atomic E-state index is -4.52. The van der Waals surface area contributed by atoms with Crippen LogP contribution in [0.25, 0.3) is 17.0 Å². The highest BCUT2D eigenvalue weighted by Gasteiger charge is 2.31. The lowest BCUT2D eigenvalue weighted by Crippen LogP contribution is -2.39. The average molecular weight is 392 g/mol. The lowest BCUT2D eigenvalue weighted by Gasteiger charge is -2.29. The number of likely N-dealkylation sites (N-methyl/N-ethyl adjacent to an activating group) is 1. The number of fused-ring (bicyclic) bond motifs is 1. The summed E-state index contributed by atoms with van der Waals surface area (Å²) in [6, 6.07) is 4.62. The van der Waals surface area contributed by atoms with Crippen molar-refractivity contribution in [2.75, 3.05) is 25.5 Å². The number of aromatic nitrogens is 4. The van der Waals surface area contributed by atoms with Gasteiger partial charge in [-0.2, -0.15) is 18.2 Å². The van der Waals surface area contributed by atoms with Crippen molar-refractivity contribution in [1.29, 1.82) is 0 Å². The van der Waals surface area contributed by atoms with Gasteiger partial charge in [-0.25, -0.2) is 9.50 Å². The fourth-order valence-electron chi connectivity index (χ4n) is 3.38. The van der Waals surface area contributed by atoms with Crippen molar-refractivity contribution in [3.05, 3.63) is 36.0 Å². The van der Waals surface area contributed by atoms with Crippen molar-refractivity contribution < 1.29 is 18.3 Å². The van der Waals surface area contributed by atoms with Crippen LogP contribution in [0.3, 0.4) is 0 Å². The Labute approximate surface area is 158 Å². The number of hydrogen-bond donors (Lipinski definition) is 2. The standard InChI is InChI=1S/C18H19F3N6O/c1-26-7-2-3-12(10-26)22-16-24-17-23-14(6-8-27(17)25-16)13-5-4-11(9-15(13)28)18(19,20)21/h4-6,8-9,12,28H,2-3,7,10H2,1H3,(H,22,25)/t12-/m1/s1. The summed E-state index contributed by atoms with van der Waals surface area (Å²) < 4.78 is 39.8. The van der Waals surface area contributed by atoms with Gasteiger partial charge in [-0.1, -0.05) is 0 Å². The van der Waals surface area contributed by atoms with Crippen LogP contribution >= 0.6 is 0 Å². The van der Waals surface area contributed by atoms with Crippen LogP contribution in [-0.4, -0.2) is 55.8 Å². The highest BCUT2D eigenvalue weighted by Crippen LogP contribution is 2.35. The van der Waals surface area contributed by atoms with E-state index in [4.69, 9.17) is 0 Å². The highest BCUT2D eigenvalue weighted by molar-refractivity contribution is 5.68. The zero-order chi connectivity index (χ0) is 19.9. The lowest BCUT2D eigenvalue weighted by molar-refractivity contribution is -0.137. The molecule has 3 heterocycles. The molecule has 1 aliphatic rings. The Hall–Kier alpha value is -2.88. The van der Waals surface area contributed by atoms with Crippen molar-refractivity contribution >= 4 is 11.7 Å². The van der Waals surface area contributed by atoms with Crippen molar-refractivity contribution in [1.82, 2.24) is 24.5 Å². The van der Waals surface area contributed by atoms with Gasteiger partial charge in [-0.3, -0.25) is 0 Å². The number of anilines is 1. The summed E-state index contributed by atoms with van der Waals surface area (Å²) in [5.74, 6) is 0.250. The zero-order valence-corrected chi connectivity index (χ0v) is 15.1. The molecule has 0 spiro atoms. The van der Waals surface area contributed by atoms with E-state index < -0.39 is 17.5 Å². The molecule has 1 atom stereocenters. The molecule has 3 aromatic rings. The molecule has 1 fully saturated rings. The minimum absolute atomic E-state index is 0.196. The van der Waals surface area contributed by atoms with E-state index in [-0.39, 0.29) is 11.6 Å². The van der Waals surface area contributed by atoms with Crippen LogP contribution in [0.1, 0.15) is 18.4 Å². The van der Waals surface area contributed by atoms with Gasteiger partial charge in [0.15, 0.2) is 0 Å². The third-order valence-electron chi connectivity index (χ3n) is 4.77. The highest BCUT2D eigenvalue weighted by atomic mass is 19.4. The summed E-state index contributed by atoms with van der Waals surface area (Å²) in [5.41, 5.74) is -0.404. The van der Waals surface area contributed by atoms with Crippen molar-refractivity contribution in [3.63, 3.8) is 0 Å². The molecule has 4 rings (SSSR count). The smallest absolute Gasteiger partial charge is 0.416 e. The fraction of sp³-hybridized carbons (Fsp3) is 0.389. The van der Waals surface area contributed by atoms with E-state index in [2.05, 4.69) is 32.3 Å². The molecule has 0 bridgehead atoms. The summed E-state index contributed by atoms with van der Waals surface area (Å²) in [5, 5.41) is 17.7. The Morgan fingerprint density at radius 3 is 2.75 bits per heavy atom. The number of alkyl halides is 3. The Morgan fingerprint density at radius 2 is 2.04 bits per heavy atom. The average Bonchev–Trinajstić information content (AvgIpc) is 3.02. The molecule has 0 unspecified atom stereocenters. The second kappa shape index (κ2) is 6.93. The normalized spacial score (nSPS) is 18.5. The quantitative estimate of drug-likeness (QED) is 0.714. The van der Waals surface area contributed by atoms with Crippen molar-refractivity contribution in [2.45, 2.75) is 25.1 Å². The summed E-state index contributed by atoms with van der Waals surface area (Å²) >= 11 is 0. The lowest BCUT2D eigenvalue weighted by atomic mass is 10.1. The van der Waals surface area contributed by atoms with Gasteiger partial charge in [0, 0.05) is 24.3 Å². The maximum atomic E-state index is 12.8. The van der Waals surface area contributed by atoms with Gasteiger partial charge < -0.3 is 15.3 Å². The van der Waals surface area contributed by atoms with Gasteiger partial charge in [0.1, 0.15) is 5.75 Å². The second-order valence-corrected chi connectivity index (χ2v) is 6.97. The third-order valence-corrected chi connectivity index (χ3v) is 4.77. The van der Waals surface area contributed by atoms with E-state index in [0.29, 0.717) is 23.5 Å². The van der Waals surface area contributed by atoms with Crippen LogP contribution in [0.15, 0.2) is 30.5 Å². The molecule has 0 aliphatic carbocycles. The van der Waals surface area contributed by atoms with Gasteiger partial charge in [0.2, 0.25) is 5.95 Å². The summed E-state index contributed by atoms with van der Waals surface area (Å²) in [6.07, 6.45) is -0.788.